The van der Waals surface area contributed by atoms with Crippen LogP contribution in [0.2, 0.25) is 0 Å². The molecule has 0 spiro atoms. The van der Waals surface area contributed by atoms with Crippen molar-refractivity contribution in [3.8, 4) is 42.8 Å². The summed E-state index contributed by atoms with van der Waals surface area (Å²) in [4.78, 5) is 15.9. The van der Waals surface area contributed by atoms with Gasteiger partial charge in [0.15, 0.2) is 32.7 Å². The molecule has 0 aliphatic carbocycles. The van der Waals surface area contributed by atoms with E-state index >= 15 is 0 Å². The third-order valence-electron chi connectivity index (χ3n) is 4.49. The standard InChI is InChI=1S/C18H14N2O4S4/c1-7-9-11(23-5-3-21-9)13(25-7)15-19-17-18(27-15)20-16(28-17)14-12-10(8(2)26-14)22-4-6-24-12/h3-6H2,1-2H3. The molecular formula is C18H14N2O4S4. The number of aromatic nitrogens is 2. The van der Waals surface area contributed by atoms with E-state index in [-0.39, 0.29) is 0 Å². The molecule has 2 aliphatic heterocycles. The Hall–Kier alpha value is -1.88. The summed E-state index contributed by atoms with van der Waals surface area (Å²) in [5.74, 6) is 3.36. The molecular weight excluding hydrogens is 436 g/mol. The predicted octanol–water partition coefficient (Wildman–Crippen LogP) is 5.37. The van der Waals surface area contributed by atoms with Gasteiger partial charge < -0.3 is 18.9 Å². The second-order valence-corrected chi connectivity index (χ2v) is 10.7. The van der Waals surface area contributed by atoms with Gasteiger partial charge in [0.25, 0.3) is 0 Å². The summed E-state index contributed by atoms with van der Waals surface area (Å²) in [6.07, 6.45) is 0. The minimum atomic E-state index is 0.573. The highest BCUT2D eigenvalue weighted by molar-refractivity contribution is 7.32. The van der Waals surface area contributed by atoms with Crippen molar-refractivity contribution < 1.29 is 18.9 Å². The number of thiophene rings is 2. The van der Waals surface area contributed by atoms with Crippen LogP contribution in [0.1, 0.15) is 9.75 Å². The molecule has 0 fully saturated rings. The quantitative estimate of drug-likeness (QED) is 0.409. The Morgan fingerprint density at radius 1 is 0.571 bits per heavy atom. The Kier molecular flexibility index (Phi) is 3.84. The summed E-state index contributed by atoms with van der Waals surface area (Å²) in [5, 5.41) is 1.87. The van der Waals surface area contributed by atoms with Crippen LogP contribution in [0.25, 0.3) is 29.4 Å². The molecule has 4 aromatic heterocycles. The number of nitrogens with zero attached hydrogens (tertiary/aromatic N) is 2. The molecule has 0 N–H and O–H groups in total. The zero-order valence-electron chi connectivity index (χ0n) is 15.0. The SMILES string of the molecule is Cc1sc(-c2nc3sc(-c4sc(C)c5c4OCCO5)nc3s2)c2c1OCCO2. The molecule has 0 atom stereocenters. The van der Waals surface area contributed by atoms with E-state index in [9.17, 15) is 0 Å². The van der Waals surface area contributed by atoms with Gasteiger partial charge in [-0.15, -0.1) is 22.7 Å². The number of rotatable bonds is 2. The molecule has 0 amide bonds. The smallest absolute Gasteiger partial charge is 0.182 e. The molecule has 2 aliphatic rings. The highest BCUT2D eigenvalue weighted by atomic mass is 32.1. The van der Waals surface area contributed by atoms with E-state index in [1.54, 1.807) is 45.3 Å². The number of aryl methyl sites for hydroxylation is 2. The molecule has 6 rings (SSSR count). The van der Waals surface area contributed by atoms with Crippen LogP contribution in [0.4, 0.5) is 0 Å². The highest BCUT2D eigenvalue weighted by Crippen LogP contribution is 2.53. The van der Waals surface area contributed by atoms with Crippen LogP contribution in [0.15, 0.2) is 0 Å². The highest BCUT2D eigenvalue weighted by Gasteiger charge is 2.28. The monoisotopic (exact) mass is 450 g/mol. The molecule has 28 heavy (non-hydrogen) atoms. The zero-order chi connectivity index (χ0) is 18.8. The first-order valence-corrected chi connectivity index (χ1v) is 12.0. The van der Waals surface area contributed by atoms with Gasteiger partial charge >= 0.3 is 0 Å². The van der Waals surface area contributed by atoms with Crippen molar-refractivity contribution in [3.63, 3.8) is 0 Å². The van der Waals surface area contributed by atoms with Crippen molar-refractivity contribution in [2.24, 2.45) is 0 Å². The topological polar surface area (TPSA) is 62.7 Å². The van der Waals surface area contributed by atoms with Crippen LogP contribution in [-0.2, 0) is 0 Å². The van der Waals surface area contributed by atoms with Crippen LogP contribution in [0, 0.1) is 13.8 Å². The normalized spacial score (nSPS) is 15.4. The first kappa shape index (κ1) is 17.0. The average molecular weight is 451 g/mol. The van der Waals surface area contributed by atoms with Gasteiger partial charge in [-0.3, -0.25) is 0 Å². The van der Waals surface area contributed by atoms with Gasteiger partial charge in [-0.25, -0.2) is 9.97 Å². The van der Waals surface area contributed by atoms with Crippen LogP contribution >= 0.6 is 45.3 Å². The van der Waals surface area contributed by atoms with Crippen LogP contribution in [0.3, 0.4) is 0 Å². The van der Waals surface area contributed by atoms with Crippen molar-refractivity contribution in [1.82, 2.24) is 9.97 Å². The third-order valence-corrected chi connectivity index (χ3v) is 8.96. The molecule has 4 aromatic rings. The summed E-state index contributed by atoms with van der Waals surface area (Å²) in [7, 11) is 0. The molecule has 0 bridgehead atoms. The molecule has 0 saturated heterocycles. The number of hydrogen-bond acceptors (Lipinski definition) is 10. The lowest BCUT2D eigenvalue weighted by Gasteiger charge is -2.16. The molecule has 0 saturated carbocycles. The zero-order valence-corrected chi connectivity index (χ0v) is 18.3. The minimum absolute atomic E-state index is 0.573. The van der Waals surface area contributed by atoms with E-state index < -0.39 is 0 Å². The summed E-state index contributed by atoms with van der Waals surface area (Å²) < 4.78 is 23.3. The lowest BCUT2D eigenvalue weighted by molar-refractivity contribution is 0.173. The van der Waals surface area contributed by atoms with Crippen LogP contribution in [0.5, 0.6) is 23.0 Å². The summed E-state index contributed by atoms with van der Waals surface area (Å²) in [6, 6.07) is 0. The fourth-order valence-electron chi connectivity index (χ4n) is 3.31. The van der Waals surface area contributed by atoms with Gasteiger partial charge in [0.05, 0.1) is 0 Å². The molecule has 0 unspecified atom stereocenters. The Bertz CT molecular complexity index is 1100. The van der Waals surface area contributed by atoms with Crippen molar-refractivity contribution in [3.05, 3.63) is 9.75 Å². The fraction of sp³-hybridized carbons (Fsp3) is 0.333. The molecule has 0 aromatic carbocycles. The largest absolute Gasteiger partial charge is 0.485 e. The molecule has 6 heterocycles. The first-order valence-electron chi connectivity index (χ1n) is 8.75. The number of ether oxygens (including phenoxy) is 4. The van der Waals surface area contributed by atoms with Crippen LogP contribution in [-0.4, -0.2) is 36.4 Å². The molecule has 6 nitrogen and oxygen atoms in total. The fourth-order valence-corrected chi connectivity index (χ4v) is 7.58. The third kappa shape index (κ3) is 2.48. The van der Waals surface area contributed by atoms with Gasteiger partial charge in [-0.2, -0.15) is 0 Å². The van der Waals surface area contributed by atoms with Crippen molar-refractivity contribution in [1.29, 1.82) is 0 Å². The molecule has 0 radical (unpaired) electrons. The maximum atomic E-state index is 5.87. The molecule has 144 valence electrons. The van der Waals surface area contributed by atoms with Crippen LogP contribution < -0.4 is 18.9 Å². The minimum Gasteiger partial charge on any atom is -0.485 e. The Morgan fingerprint density at radius 2 is 0.964 bits per heavy atom. The summed E-state index contributed by atoms with van der Waals surface area (Å²) in [5.41, 5.74) is 0. The lowest BCUT2D eigenvalue weighted by Crippen LogP contribution is -2.14. The molecule has 10 heteroatoms. The number of hydrogen-bond donors (Lipinski definition) is 0. The number of fused-ring (bicyclic) bond motifs is 3. The van der Waals surface area contributed by atoms with Gasteiger partial charge in [-0.05, 0) is 13.8 Å². The van der Waals surface area contributed by atoms with E-state index in [2.05, 4.69) is 13.8 Å². The Morgan fingerprint density at radius 3 is 1.39 bits per heavy atom. The van der Waals surface area contributed by atoms with E-state index in [0.29, 0.717) is 26.4 Å². The second-order valence-electron chi connectivity index (χ2n) is 6.33. The van der Waals surface area contributed by atoms with Gasteiger partial charge in [-0.1, -0.05) is 22.7 Å². The first-order chi connectivity index (χ1) is 13.7. The average Bonchev–Trinajstić information content (AvgIpc) is 3.43. The van der Waals surface area contributed by atoms with Gasteiger partial charge in [0.1, 0.15) is 46.2 Å². The maximum Gasteiger partial charge on any atom is 0.182 e. The van der Waals surface area contributed by atoms with Crippen molar-refractivity contribution in [2.75, 3.05) is 26.4 Å². The number of thiazole rings is 2. The second kappa shape index (κ2) is 6.31. The van der Waals surface area contributed by atoms with Gasteiger partial charge in [0, 0.05) is 9.75 Å². The van der Waals surface area contributed by atoms with E-state index in [1.165, 1.54) is 0 Å². The Balaban J connectivity index is 1.42. The lowest BCUT2D eigenvalue weighted by atomic mass is 10.3. The Labute approximate surface area is 176 Å². The maximum absolute atomic E-state index is 5.87. The van der Waals surface area contributed by atoms with Crippen molar-refractivity contribution >= 4 is 55.0 Å². The van der Waals surface area contributed by atoms with Gasteiger partial charge in [0.2, 0.25) is 0 Å². The van der Waals surface area contributed by atoms with E-state index in [0.717, 1.165) is 62.2 Å². The predicted molar refractivity (Wildman–Crippen MR) is 113 cm³/mol. The van der Waals surface area contributed by atoms with E-state index in [4.69, 9.17) is 28.9 Å². The summed E-state index contributed by atoms with van der Waals surface area (Å²) in [6.45, 7) is 6.44. The summed E-state index contributed by atoms with van der Waals surface area (Å²) >= 11 is 6.51. The van der Waals surface area contributed by atoms with Crippen molar-refractivity contribution in [2.45, 2.75) is 13.8 Å². The van der Waals surface area contributed by atoms with E-state index in [1.807, 2.05) is 0 Å².